The van der Waals surface area contributed by atoms with E-state index < -0.39 is 0 Å². The molecule has 0 saturated carbocycles. The highest BCUT2D eigenvalue weighted by Gasteiger charge is 2.12. The van der Waals surface area contributed by atoms with Crippen LogP contribution < -0.4 is 4.42 Å². The Kier molecular flexibility index (Phi) is 3.14. The van der Waals surface area contributed by atoms with Gasteiger partial charge in [0, 0.05) is 12.1 Å². The van der Waals surface area contributed by atoms with E-state index in [4.69, 9.17) is 11.8 Å². The second-order valence-electron chi connectivity index (χ2n) is 2.17. The topological polar surface area (TPSA) is 5.90 Å². The highest BCUT2D eigenvalue weighted by Crippen LogP contribution is 2.13. The van der Waals surface area contributed by atoms with Crippen LogP contribution in [0.25, 0.3) is 0 Å². The third-order valence-corrected chi connectivity index (χ3v) is 1.66. The molecule has 0 fully saturated rings. The van der Waals surface area contributed by atoms with Gasteiger partial charge in [-0.05, 0) is 10.5 Å². The van der Waals surface area contributed by atoms with Crippen molar-refractivity contribution in [2.45, 2.75) is 0 Å². The van der Waals surface area contributed by atoms with Crippen molar-refractivity contribution in [3.63, 3.8) is 0 Å². The van der Waals surface area contributed by atoms with Gasteiger partial charge in [-0.3, -0.25) is 0 Å². The molecule has 0 aliphatic heterocycles. The first-order valence-corrected chi connectivity index (χ1v) is 3.77. The molecule has 57 valence electrons. The predicted octanol–water partition coefficient (Wildman–Crippen LogP) is 2.80. The third-order valence-electron chi connectivity index (χ3n) is 1.33. The van der Waals surface area contributed by atoms with Crippen molar-refractivity contribution in [3.05, 3.63) is 43.0 Å². The zero-order chi connectivity index (χ0) is 8.10. The van der Waals surface area contributed by atoms with Gasteiger partial charge in [-0.2, -0.15) is 0 Å². The van der Waals surface area contributed by atoms with Gasteiger partial charge >= 0.3 is 0 Å². The van der Waals surface area contributed by atoms with E-state index in [9.17, 15) is 0 Å². The van der Waals surface area contributed by atoms with E-state index in [1.807, 2.05) is 30.3 Å². The van der Waals surface area contributed by atoms with Gasteiger partial charge in [0.1, 0.15) is 0 Å². The molecule has 0 amide bonds. The minimum absolute atomic E-state index is 0.658. The van der Waals surface area contributed by atoms with E-state index in [-0.39, 0.29) is 0 Å². The van der Waals surface area contributed by atoms with Gasteiger partial charge in [-0.25, -0.2) is 0 Å². The van der Waals surface area contributed by atoms with Crippen LogP contribution in [0.5, 0.6) is 0 Å². The quantitative estimate of drug-likeness (QED) is 0.483. The van der Waals surface area contributed by atoms with Crippen molar-refractivity contribution in [2.75, 3.05) is 6.54 Å². The molecule has 1 nitrogen and oxygen atoms in total. The summed E-state index contributed by atoms with van der Waals surface area (Å²) in [6.07, 6.45) is 1.76. The Labute approximate surface area is 72.0 Å². The molecule has 0 aliphatic rings. The minimum atomic E-state index is 0.658. The van der Waals surface area contributed by atoms with Gasteiger partial charge in [0.15, 0.2) is 6.54 Å². The van der Waals surface area contributed by atoms with Crippen molar-refractivity contribution in [1.82, 2.24) is 4.42 Å². The van der Waals surface area contributed by atoms with Gasteiger partial charge in [0.05, 0.1) is 0 Å². The molecule has 0 unspecified atom stereocenters. The number of benzene rings is 1. The Hall–Kier alpha value is -0.790. The SMILES string of the molecule is C=CC[N+](Cl)c1ccccc1. The van der Waals surface area contributed by atoms with Crippen LogP contribution in [-0.4, -0.2) is 6.54 Å². The first-order valence-electron chi connectivity index (χ1n) is 3.44. The lowest BCUT2D eigenvalue weighted by atomic mass is 10.3. The van der Waals surface area contributed by atoms with Gasteiger partial charge in [0.25, 0.3) is 0 Å². The van der Waals surface area contributed by atoms with E-state index in [1.165, 1.54) is 0 Å². The summed E-state index contributed by atoms with van der Waals surface area (Å²) >= 11 is 5.87. The maximum atomic E-state index is 5.87. The average molecular weight is 168 g/mol. The van der Waals surface area contributed by atoms with Crippen LogP contribution in [0.4, 0.5) is 5.69 Å². The van der Waals surface area contributed by atoms with E-state index in [0.717, 1.165) is 5.69 Å². The Bertz CT molecular complexity index is 220. The van der Waals surface area contributed by atoms with Crippen LogP contribution in [0, 0.1) is 0 Å². The standard InChI is InChI=1S/C9H10ClN/c1-2-8-11(10)9-6-4-3-5-7-9/h2-7H,1,8H2/q+1. The molecule has 0 aliphatic carbocycles. The Balaban J connectivity index is 2.68. The maximum Gasteiger partial charge on any atom is 0.232 e. The van der Waals surface area contributed by atoms with E-state index >= 15 is 0 Å². The summed E-state index contributed by atoms with van der Waals surface area (Å²) in [5.74, 6) is 0. The molecule has 0 bridgehead atoms. The van der Waals surface area contributed by atoms with Crippen molar-refractivity contribution in [1.29, 1.82) is 0 Å². The van der Waals surface area contributed by atoms with Crippen LogP contribution in [0.1, 0.15) is 0 Å². The van der Waals surface area contributed by atoms with Crippen LogP contribution in [-0.2, 0) is 0 Å². The van der Waals surface area contributed by atoms with E-state index in [1.54, 1.807) is 10.5 Å². The molecule has 0 heterocycles. The van der Waals surface area contributed by atoms with Gasteiger partial charge < -0.3 is 0 Å². The number of hydrogen-bond donors (Lipinski definition) is 0. The largest absolute Gasteiger partial charge is 0.232 e. The highest BCUT2D eigenvalue weighted by molar-refractivity contribution is 6.18. The molecule has 1 radical (unpaired) electrons. The number of halogens is 1. The van der Waals surface area contributed by atoms with Crippen molar-refractivity contribution in [2.24, 2.45) is 0 Å². The molecular formula is C9H10ClN+. The lowest BCUT2D eigenvalue weighted by Crippen LogP contribution is -2.10. The molecular weight excluding hydrogens is 158 g/mol. The molecule has 11 heavy (non-hydrogen) atoms. The monoisotopic (exact) mass is 167 g/mol. The summed E-state index contributed by atoms with van der Waals surface area (Å²) < 4.78 is 1.62. The van der Waals surface area contributed by atoms with Gasteiger partial charge in [-0.1, -0.05) is 24.8 Å². The smallest absolute Gasteiger partial charge is 0.0973 e. The molecule has 0 N–H and O–H groups in total. The minimum Gasteiger partial charge on any atom is -0.0973 e. The van der Waals surface area contributed by atoms with Gasteiger partial charge in [-0.15, -0.1) is 0 Å². The zero-order valence-corrected chi connectivity index (χ0v) is 6.96. The fraction of sp³-hybridized carbons (Fsp3) is 0.111. The summed E-state index contributed by atoms with van der Waals surface area (Å²) in [6.45, 7) is 4.26. The Morgan fingerprint density at radius 2 is 2.00 bits per heavy atom. The lowest BCUT2D eigenvalue weighted by molar-refractivity contribution is 0.869. The molecule has 1 aromatic rings. The summed E-state index contributed by atoms with van der Waals surface area (Å²) in [5, 5.41) is 0. The van der Waals surface area contributed by atoms with Crippen LogP contribution >= 0.6 is 11.8 Å². The van der Waals surface area contributed by atoms with Crippen LogP contribution in [0.2, 0.25) is 0 Å². The molecule has 0 atom stereocenters. The highest BCUT2D eigenvalue weighted by atomic mass is 35.5. The van der Waals surface area contributed by atoms with Gasteiger partial charge in [0.2, 0.25) is 17.5 Å². The fourth-order valence-electron chi connectivity index (χ4n) is 0.809. The fourth-order valence-corrected chi connectivity index (χ4v) is 1.02. The zero-order valence-electron chi connectivity index (χ0n) is 6.20. The second-order valence-corrected chi connectivity index (χ2v) is 2.58. The number of rotatable bonds is 3. The van der Waals surface area contributed by atoms with E-state index in [2.05, 4.69) is 6.58 Å². The molecule has 0 spiro atoms. The lowest BCUT2D eigenvalue weighted by Gasteiger charge is -1.96. The molecule has 1 aromatic carbocycles. The summed E-state index contributed by atoms with van der Waals surface area (Å²) in [5.41, 5.74) is 0.995. The number of hydrogen-bond acceptors (Lipinski definition) is 1. The van der Waals surface area contributed by atoms with Crippen molar-refractivity contribution >= 4 is 17.5 Å². The van der Waals surface area contributed by atoms with Crippen LogP contribution in [0.3, 0.4) is 0 Å². The number of para-hydroxylation sites is 1. The molecule has 0 saturated heterocycles. The number of nitrogens with zero attached hydrogens (tertiary/aromatic N) is 1. The Morgan fingerprint density at radius 3 is 2.55 bits per heavy atom. The normalized spacial score (nSPS) is 10.0. The summed E-state index contributed by atoms with van der Waals surface area (Å²) in [6, 6.07) is 9.77. The predicted molar refractivity (Wildman–Crippen MR) is 49.2 cm³/mol. The molecule has 0 aromatic heterocycles. The summed E-state index contributed by atoms with van der Waals surface area (Å²) in [4.78, 5) is 0. The maximum absolute atomic E-state index is 5.87. The van der Waals surface area contributed by atoms with Crippen LogP contribution in [0.15, 0.2) is 43.0 Å². The molecule has 2 heteroatoms. The summed E-state index contributed by atoms with van der Waals surface area (Å²) in [7, 11) is 0. The van der Waals surface area contributed by atoms with Crippen molar-refractivity contribution in [3.8, 4) is 0 Å². The van der Waals surface area contributed by atoms with E-state index in [0.29, 0.717) is 6.54 Å². The van der Waals surface area contributed by atoms with Crippen molar-refractivity contribution < 1.29 is 0 Å². The second kappa shape index (κ2) is 4.16. The Morgan fingerprint density at radius 1 is 1.36 bits per heavy atom. The third kappa shape index (κ3) is 2.37. The average Bonchev–Trinajstić information content (AvgIpc) is 2.07. The number of anilines is 1. The molecule has 1 rings (SSSR count). The first kappa shape index (κ1) is 8.31. The first-order chi connectivity index (χ1) is 5.34.